The Hall–Kier alpha value is -3.37. The van der Waals surface area contributed by atoms with Gasteiger partial charge in [-0.2, -0.15) is 0 Å². The lowest BCUT2D eigenvalue weighted by molar-refractivity contribution is 0.100. The second-order valence-electron chi connectivity index (χ2n) is 7.48. The summed E-state index contributed by atoms with van der Waals surface area (Å²) < 4.78 is 2.32. The topological polar surface area (TPSA) is 48.0 Å². The molecule has 148 valence electrons. The lowest BCUT2D eigenvalue weighted by atomic mass is 10.0. The molecule has 3 nitrogen and oxygen atoms in total. The number of hydrogen-bond donors (Lipinski definition) is 1. The molecule has 5 aromatic rings. The molecule has 0 aliphatic rings. The maximum Gasteiger partial charge on any atom is 0.249 e. The molecule has 0 aliphatic carbocycles. The van der Waals surface area contributed by atoms with Crippen molar-refractivity contribution in [2.24, 2.45) is 5.73 Å². The summed E-state index contributed by atoms with van der Waals surface area (Å²) in [6.07, 6.45) is 0.986. The number of carbonyl (C=O) groups excluding carboxylic acids is 1. The van der Waals surface area contributed by atoms with E-state index in [0.29, 0.717) is 5.56 Å². The van der Waals surface area contributed by atoms with Crippen LogP contribution in [-0.4, -0.2) is 10.5 Å². The lowest BCUT2D eigenvalue weighted by Gasteiger charge is -2.12. The predicted molar refractivity (Wildman–Crippen MR) is 126 cm³/mol. The third kappa shape index (κ3) is 3.01. The smallest absolute Gasteiger partial charge is 0.249 e. The monoisotopic (exact) mass is 410 g/mol. The summed E-state index contributed by atoms with van der Waals surface area (Å²) >= 11 is 1.73. The van der Waals surface area contributed by atoms with Gasteiger partial charge in [0.1, 0.15) is 0 Å². The van der Waals surface area contributed by atoms with Crippen molar-refractivity contribution in [1.29, 1.82) is 0 Å². The van der Waals surface area contributed by atoms with E-state index >= 15 is 0 Å². The van der Waals surface area contributed by atoms with Crippen molar-refractivity contribution in [3.8, 4) is 10.4 Å². The first kappa shape index (κ1) is 18.6. The summed E-state index contributed by atoms with van der Waals surface area (Å²) in [6.45, 7) is 2.94. The van der Waals surface area contributed by atoms with Gasteiger partial charge < -0.3 is 10.3 Å². The first-order valence-electron chi connectivity index (χ1n) is 10.1. The standard InChI is InChI=1S/C26H22N2OS/c1-2-17-7-3-4-8-19(17)16-28-22-10-5-9-21(26(27)29)25(22)20-13-12-18(15-23(20)28)24-11-6-14-30-24/h3-15H,2,16H2,1H3,(H2,27,29). The normalized spacial score (nSPS) is 11.4. The fourth-order valence-corrected chi connectivity index (χ4v) is 5.07. The van der Waals surface area contributed by atoms with Crippen molar-refractivity contribution in [2.75, 3.05) is 0 Å². The van der Waals surface area contributed by atoms with E-state index in [1.54, 1.807) is 11.3 Å². The summed E-state index contributed by atoms with van der Waals surface area (Å²) in [5.41, 5.74) is 12.3. The molecule has 0 saturated carbocycles. The van der Waals surface area contributed by atoms with Crippen LogP contribution in [-0.2, 0) is 13.0 Å². The molecule has 0 fully saturated rings. The second kappa shape index (κ2) is 7.47. The quantitative estimate of drug-likeness (QED) is 0.367. The van der Waals surface area contributed by atoms with Crippen molar-refractivity contribution in [3.05, 3.63) is 94.9 Å². The molecule has 1 amide bonds. The molecule has 0 unspecified atom stereocenters. The average molecular weight is 411 g/mol. The van der Waals surface area contributed by atoms with E-state index in [9.17, 15) is 4.79 Å². The minimum Gasteiger partial charge on any atom is -0.366 e. The van der Waals surface area contributed by atoms with Crippen molar-refractivity contribution in [2.45, 2.75) is 19.9 Å². The molecule has 0 saturated heterocycles. The summed E-state index contributed by atoms with van der Waals surface area (Å²) in [6, 6.07) is 25.1. The van der Waals surface area contributed by atoms with Crippen molar-refractivity contribution in [1.82, 2.24) is 4.57 Å². The number of nitrogens with two attached hydrogens (primary N) is 1. The van der Waals surface area contributed by atoms with Crippen LogP contribution >= 0.6 is 11.3 Å². The molecule has 3 aromatic carbocycles. The van der Waals surface area contributed by atoms with E-state index in [2.05, 4.69) is 77.5 Å². The minimum absolute atomic E-state index is 0.393. The fraction of sp³-hybridized carbons (Fsp3) is 0.115. The van der Waals surface area contributed by atoms with E-state index in [1.807, 2.05) is 12.1 Å². The van der Waals surface area contributed by atoms with Gasteiger partial charge in [-0.1, -0.05) is 55.5 Å². The zero-order chi connectivity index (χ0) is 20.7. The van der Waals surface area contributed by atoms with Gasteiger partial charge in [-0.05, 0) is 52.8 Å². The van der Waals surface area contributed by atoms with Crippen LogP contribution in [0.2, 0.25) is 0 Å². The number of primary amides is 1. The molecule has 2 N–H and O–H groups in total. The summed E-state index contributed by atoms with van der Waals surface area (Å²) in [7, 11) is 0. The van der Waals surface area contributed by atoms with Crippen molar-refractivity contribution < 1.29 is 4.79 Å². The van der Waals surface area contributed by atoms with E-state index in [1.165, 1.54) is 21.6 Å². The van der Waals surface area contributed by atoms with Crippen LogP contribution in [0.15, 0.2) is 78.2 Å². The Balaban J connectivity index is 1.82. The van der Waals surface area contributed by atoms with Crippen LogP contribution in [0.25, 0.3) is 32.2 Å². The zero-order valence-electron chi connectivity index (χ0n) is 16.8. The molecule has 0 bridgehead atoms. The third-order valence-electron chi connectivity index (χ3n) is 5.79. The molecule has 0 atom stereocenters. The van der Waals surface area contributed by atoms with Gasteiger partial charge >= 0.3 is 0 Å². The molecular formula is C26H22N2OS. The number of amides is 1. The van der Waals surface area contributed by atoms with E-state index in [4.69, 9.17) is 5.73 Å². The highest BCUT2D eigenvalue weighted by atomic mass is 32.1. The average Bonchev–Trinajstić information content (AvgIpc) is 3.41. The van der Waals surface area contributed by atoms with Crippen LogP contribution in [0.5, 0.6) is 0 Å². The summed E-state index contributed by atoms with van der Waals surface area (Å²) in [5, 5.41) is 4.10. The maximum absolute atomic E-state index is 12.2. The van der Waals surface area contributed by atoms with Gasteiger partial charge in [0.2, 0.25) is 5.91 Å². The molecule has 4 heteroatoms. The van der Waals surface area contributed by atoms with Gasteiger partial charge in [-0.25, -0.2) is 0 Å². The second-order valence-corrected chi connectivity index (χ2v) is 8.43. The Morgan fingerprint density at radius 2 is 1.77 bits per heavy atom. The van der Waals surface area contributed by atoms with Gasteiger partial charge in [0.15, 0.2) is 0 Å². The van der Waals surface area contributed by atoms with Gasteiger partial charge in [-0.15, -0.1) is 11.3 Å². The van der Waals surface area contributed by atoms with Gasteiger partial charge in [-0.3, -0.25) is 4.79 Å². The van der Waals surface area contributed by atoms with Crippen molar-refractivity contribution >= 4 is 39.0 Å². The predicted octanol–water partition coefficient (Wildman–Crippen LogP) is 6.23. The number of benzene rings is 3. The number of rotatable bonds is 5. The molecule has 5 rings (SSSR count). The Labute approximate surface area is 179 Å². The number of fused-ring (bicyclic) bond motifs is 3. The van der Waals surface area contributed by atoms with Crippen molar-refractivity contribution in [3.63, 3.8) is 0 Å². The minimum atomic E-state index is -0.393. The Morgan fingerprint density at radius 3 is 2.50 bits per heavy atom. The first-order chi connectivity index (χ1) is 14.7. The number of hydrogen-bond acceptors (Lipinski definition) is 2. The largest absolute Gasteiger partial charge is 0.366 e. The van der Waals surface area contributed by atoms with Crippen LogP contribution < -0.4 is 5.73 Å². The number of nitrogens with zero attached hydrogens (tertiary/aromatic N) is 1. The molecule has 2 aromatic heterocycles. The maximum atomic E-state index is 12.2. The van der Waals surface area contributed by atoms with Crippen LogP contribution in [0.3, 0.4) is 0 Å². The zero-order valence-corrected chi connectivity index (χ0v) is 17.6. The van der Waals surface area contributed by atoms with Gasteiger partial charge in [0.25, 0.3) is 0 Å². The molecule has 0 aliphatic heterocycles. The fourth-order valence-electron chi connectivity index (χ4n) is 4.34. The number of aryl methyl sites for hydroxylation is 1. The Morgan fingerprint density at radius 1 is 0.933 bits per heavy atom. The van der Waals surface area contributed by atoms with Gasteiger partial charge in [0, 0.05) is 27.8 Å². The Kier molecular flexibility index (Phi) is 4.64. The van der Waals surface area contributed by atoms with Crippen LogP contribution in [0.1, 0.15) is 28.4 Å². The highest BCUT2D eigenvalue weighted by molar-refractivity contribution is 7.13. The van der Waals surface area contributed by atoms with Crippen LogP contribution in [0, 0.1) is 0 Å². The lowest BCUT2D eigenvalue weighted by Crippen LogP contribution is -2.11. The third-order valence-corrected chi connectivity index (χ3v) is 6.71. The number of thiophene rings is 1. The van der Waals surface area contributed by atoms with Gasteiger partial charge in [0.05, 0.1) is 11.0 Å². The highest BCUT2D eigenvalue weighted by Gasteiger charge is 2.18. The number of carbonyl (C=O) groups is 1. The molecule has 0 spiro atoms. The summed E-state index contributed by atoms with van der Waals surface area (Å²) in [5.74, 6) is -0.393. The highest BCUT2D eigenvalue weighted by Crippen LogP contribution is 2.36. The van der Waals surface area contributed by atoms with E-state index in [0.717, 1.165) is 34.8 Å². The molecule has 2 heterocycles. The van der Waals surface area contributed by atoms with E-state index in [-0.39, 0.29) is 0 Å². The van der Waals surface area contributed by atoms with E-state index < -0.39 is 5.91 Å². The molecular weight excluding hydrogens is 388 g/mol. The Bertz CT molecular complexity index is 1380. The van der Waals surface area contributed by atoms with Crippen LogP contribution in [0.4, 0.5) is 0 Å². The number of aromatic nitrogens is 1. The molecule has 30 heavy (non-hydrogen) atoms. The SMILES string of the molecule is CCc1ccccc1Cn1c2cc(-c3cccs3)ccc2c2c(C(N)=O)cccc21. The molecule has 0 radical (unpaired) electrons. The first-order valence-corrected chi connectivity index (χ1v) is 11.0. The summed E-state index contributed by atoms with van der Waals surface area (Å²) in [4.78, 5) is 13.4.